The van der Waals surface area contributed by atoms with Crippen molar-refractivity contribution >= 4 is 40.9 Å². The number of nitrogens with zero attached hydrogens (tertiary/aromatic N) is 4. The number of carbonyl (C=O) groups excluding carboxylic acids is 2. The normalized spacial score (nSPS) is 10.9. The summed E-state index contributed by atoms with van der Waals surface area (Å²) in [5, 5.41) is 2.39. The second kappa shape index (κ2) is 8.16. The summed E-state index contributed by atoms with van der Waals surface area (Å²) in [7, 11) is 0. The molecule has 0 radical (unpaired) electrons. The van der Waals surface area contributed by atoms with Gasteiger partial charge in [0.15, 0.2) is 11.2 Å². The fourth-order valence-corrected chi connectivity index (χ4v) is 2.26. The minimum Gasteiger partial charge on any atom is -0.462 e. The van der Waals surface area contributed by atoms with Crippen molar-refractivity contribution in [2.75, 3.05) is 11.9 Å². The largest absolute Gasteiger partial charge is 0.462 e. The molecule has 0 unspecified atom stereocenters. The van der Waals surface area contributed by atoms with E-state index in [2.05, 4.69) is 30.2 Å². The lowest BCUT2D eigenvalue weighted by Crippen LogP contribution is -2.17. The Morgan fingerprint density at radius 3 is 2.68 bits per heavy atom. The van der Waals surface area contributed by atoms with Gasteiger partial charge in [0.05, 0.1) is 30.3 Å². The Kier molecular flexibility index (Phi) is 5.49. The fourth-order valence-electron chi connectivity index (χ4n) is 2.26. The Bertz CT molecular complexity index is 1120. The summed E-state index contributed by atoms with van der Waals surface area (Å²) in [4.78, 5) is 53.8. The molecule has 3 rings (SSSR count). The van der Waals surface area contributed by atoms with Gasteiger partial charge in [-0.25, -0.2) is 14.8 Å². The molecule has 142 valence electrons. The highest BCUT2D eigenvalue weighted by atomic mass is 16.5. The summed E-state index contributed by atoms with van der Waals surface area (Å²) in [6, 6.07) is 6.53. The van der Waals surface area contributed by atoms with Crippen molar-refractivity contribution in [1.29, 1.82) is 0 Å². The first-order chi connectivity index (χ1) is 13.5. The van der Waals surface area contributed by atoms with Crippen molar-refractivity contribution in [3.05, 3.63) is 52.1 Å². The van der Waals surface area contributed by atoms with Crippen molar-refractivity contribution in [2.45, 2.75) is 13.8 Å². The lowest BCUT2D eigenvalue weighted by molar-refractivity contribution is -0.114. The molecular weight excluding hydrogens is 364 g/mol. The lowest BCUT2D eigenvalue weighted by Gasteiger charge is -2.02. The van der Waals surface area contributed by atoms with E-state index in [1.807, 2.05) is 0 Å². The lowest BCUT2D eigenvalue weighted by atomic mass is 10.2. The number of aromatic nitrogens is 4. The van der Waals surface area contributed by atoms with Crippen LogP contribution in [0.1, 0.15) is 29.9 Å². The molecule has 28 heavy (non-hydrogen) atoms. The van der Waals surface area contributed by atoms with Crippen molar-refractivity contribution in [3.63, 3.8) is 0 Å². The molecule has 3 aromatic rings. The number of ether oxygens (including phenoxy) is 1. The minimum absolute atomic E-state index is 0.00223. The molecule has 0 atom stereocenters. The first-order valence-corrected chi connectivity index (χ1v) is 8.32. The Morgan fingerprint density at radius 1 is 1.25 bits per heavy atom. The number of esters is 1. The Balaban J connectivity index is 1.82. The summed E-state index contributed by atoms with van der Waals surface area (Å²) in [6.45, 7) is 3.34. The third-order valence-electron chi connectivity index (χ3n) is 3.46. The first kappa shape index (κ1) is 18.8. The Hall–Kier alpha value is -3.95. The number of rotatable bonds is 5. The quantitative estimate of drug-likeness (QED) is 0.506. The zero-order valence-corrected chi connectivity index (χ0v) is 15.1. The van der Waals surface area contributed by atoms with Crippen LogP contribution in [0.25, 0.3) is 11.2 Å². The van der Waals surface area contributed by atoms with Gasteiger partial charge in [0.25, 0.3) is 5.56 Å². The van der Waals surface area contributed by atoms with Crippen LogP contribution in [0.15, 0.2) is 40.2 Å². The maximum Gasteiger partial charge on any atom is 0.338 e. The van der Waals surface area contributed by atoms with Crippen molar-refractivity contribution < 1.29 is 14.3 Å². The number of nitrogens with one attached hydrogen (secondary N) is 2. The third-order valence-corrected chi connectivity index (χ3v) is 3.46. The number of aromatic amines is 1. The molecule has 1 amide bonds. The monoisotopic (exact) mass is 380 g/mol. The van der Waals surface area contributed by atoms with Gasteiger partial charge in [0.1, 0.15) is 5.69 Å². The van der Waals surface area contributed by atoms with Crippen molar-refractivity contribution in [1.82, 2.24) is 19.9 Å². The van der Waals surface area contributed by atoms with Crippen LogP contribution in [0.3, 0.4) is 0 Å². The van der Waals surface area contributed by atoms with Crippen LogP contribution in [-0.4, -0.2) is 44.6 Å². The maximum absolute atomic E-state index is 12.1. The topological polar surface area (TPSA) is 139 Å². The van der Waals surface area contributed by atoms with E-state index in [-0.39, 0.29) is 23.0 Å². The molecule has 0 fully saturated rings. The highest BCUT2D eigenvalue weighted by Crippen LogP contribution is 2.14. The van der Waals surface area contributed by atoms with Gasteiger partial charge in [-0.05, 0) is 31.2 Å². The van der Waals surface area contributed by atoms with Crippen LogP contribution in [0.5, 0.6) is 0 Å². The molecule has 0 aliphatic heterocycles. The van der Waals surface area contributed by atoms with Gasteiger partial charge >= 0.3 is 5.97 Å². The second-order valence-corrected chi connectivity index (χ2v) is 5.59. The molecule has 0 spiro atoms. The van der Waals surface area contributed by atoms with E-state index in [0.29, 0.717) is 23.6 Å². The van der Waals surface area contributed by atoms with Crippen LogP contribution in [-0.2, 0) is 9.53 Å². The van der Waals surface area contributed by atoms with Gasteiger partial charge in [-0.2, -0.15) is 4.98 Å². The SMILES string of the molecule is CCOC(=O)c1ccc(N=Cc2cnc3nc(NC(C)=O)[nH]c(=O)c3n2)cc1. The number of benzene rings is 1. The number of anilines is 1. The van der Waals surface area contributed by atoms with E-state index in [9.17, 15) is 14.4 Å². The zero-order valence-electron chi connectivity index (χ0n) is 15.1. The van der Waals surface area contributed by atoms with Gasteiger partial charge in [-0.1, -0.05) is 0 Å². The standard InChI is InChI=1S/C18H16N6O4/c1-3-28-17(27)11-4-6-12(7-5-11)19-8-13-9-20-15-14(22-13)16(26)24-18(23-15)21-10(2)25/h4-9H,3H2,1-2H3,(H2,20,21,23,24,25,26). The highest BCUT2D eigenvalue weighted by molar-refractivity contribution is 5.90. The van der Waals surface area contributed by atoms with Crippen molar-refractivity contribution in [2.24, 2.45) is 4.99 Å². The Labute approximate surface area is 158 Å². The van der Waals surface area contributed by atoms with Crippen LogP contribution in [0.2, 0.25) is 0 Å². The molecular formula is C18H16N6O4. The van der Waals surface area contributed by atoms with Gasteiger partial charge in [-0.3, -0.25) is 24.9 Å². The van der Waals surface area contributed by atoms with Gasteiger partial charge in [0, 0.05) is 6.92 Å². The highest BCUT2D eigenvalue weighted by Gasteiger charge is 2.08. The number of carbonyl (C=O) groups is 2. The molecule has 0 bridgehead atoms. The maximum atomic E-state index is 12.1. The minimum atomic E-state index is -0.532. The predicted molar refractivity (Wildman–Crippen MR) is 102 cm³/mol. The molecule has 10 nitrogen and oxygen atoms in total. The van der Waals surface area contributed by atoms with E-state index in [4.69, 9.17) is 4.74 Å². The number of H-pyrrole nitrogens is 1. The smallest absolute Gasteiger partial charge is 0.338 e. The number of fused-ring (bicyclic) bond motifs is 1. The molecule has 0 aliphatic carbocycles. The molecule has 0 aliphatic rings. The number of hydrogen-bond donors (Lipinski definition) is 2. The molecule has 2 heterocycles. The van der Waals surface area contributed by atoms with Crippen molar-refractivity contribution in [3.8, 4) is 0 Å². The molecule has 0 saturated heterocycles. The summed E-state index contributed by atoms with van der Waals surface area (Å²) < 4.78 is 4.92. The number of hydrogen-bond acceptors (Lipinski definition) is 8. The predicted octanol–water partition coefficient (Wildman–Crippen LogP) is 1.60. The summed E-state index contributed by atoms with van der Waals surface area (Å²) in [5.41, 5.74) is 0.956. The first-order valence-electron chi connectivity index (χ1n) is 8.32. The molecule has 1 aromatic carbocycles. The molecule has 10 heteroatoms. The van der Waals surface area contributed by atoms with Crippen LogP contribution >= 0.6 is 0 Å². The molecule has 0 saturated carbocycles. The van der Waals surface area contributed by atoms with Crippen LogP contribution < -0.4 is 10.9 Å². The fraction of sp³-hybridized carbons (Fsp3) is 0.167. The van der Waals surface area contributed by atoms with Crippen LogP contribution in [0.4, 0.5) is 11.6 Å². The third kappa shape index (κ3) is 4.41. The van der Waals surface area contributed by atoms with Crippen LogP contribution in [0, 0.1) is 0 Å². The second-order valence-electron chi connectivity index (χ2n) is 5.59. The van der Waals surface area contributed by atoms with E-state index in [0.717, 1.165) is 0 Å². The molecule has 2 N–H and O–H groups in total. The van der Waals surface area contributed by atoms with Gasteiger partial charge in [0.2, 0.25) is 11.9 Å². The number of amides is 1. The van der Waals surface area contributed by atoms with E-state index >= 15 is 0 Å². The summed E-state index contributed by atoms with van der Waals surface area (Å²) in [5.74, 6) is -0.764. The van der Waals surface area contributed by atoms with E-state index in [1.54, 1.807) is 31.2 Å². The summed E-state index contributed by atoms with van der Waals surface area (Å²) >= 11 is 0. The van der Waals surface area contributed by atoms with Gasteiger partial charge in [-0.15, -0.1) is 0 Å². The van der Waals surface area contributed by atoms with E-state index in [1.165, 1.54) is 19.3 Å². The molecule has 2 aromatic heterocycles. The van der Waals surface area contributed by atoms with E-state index < -0.39 is 11.5 Å². The Morgan fingerprint density at radius 2 is 2.00 bits per heavy atom. The average molecular weight is 380 g/mol. The zero-order chi connectivity index (χ0) is 20.1. The van der Waals surface area contributed by atoms with Gasteiger partial charge < -0.3 is 4.74 Å². The summed E-state index contributed by atoms with van der Waals surface area (Å²) in [6.07, 6.45) is 2.84. The average Bonchev–Trinajstić information content (AvgIpc) is 2.66. The number of aliphatic imine (C=N–C) groups is 1.